The minimum atomic E-state index is 0.691. The zero-order valence-corrected chi connectivity index (χ0v) is 16.9. The molecule has 0 unspecified atom stereocenters. The first-order chi connectivity index (χ1) is 13.0. The molecule has 1 aliphatic rings. The van der Waals surface area contributed by atoms with Gasteiger partial charge < -0.3 is 14.4 Å². The number of hydrogen-bond acceptors (Lipinski definition) is 6. The van der Waals surface area contributed by atoms with Crippen molar-refractivity contribution in [2.45, 2.75) is 20.8 Å². The summed E-state index contributed by atoms with van der Waals surface area (Å²) >= 11 is 1.83. The van der Waals surface area contributed by atoms with E-state index in [0.717, 1.165) is 39.9 Å². The van der Waals surface area contributed by atoms with Gasteiger partial charge in [0.05, 0.1) is 25.8 Å². The van der Waals surface area contributed by atoms with Gasteiger partial charge in [0.2, 0.25) is 0 Å². The van der Waals surface area contributed by atoms with Crippen LogP contribution in [0, 0.1) is 13.8 Å². The average molecular weight is 382 g/mol. The molecule has 1 aromatic carbocycles. The Balaban J connectivity index is 1.93. The van der Waals surface area contributed by atoms with Crippen molar-refractivity contribution < 1.29 is 9.47 Å². The molecule has 27 heavy (non-hydrogen) atoms. The van der Waals surface area contributed by atoms with Crippen molar-refractivity contribution in [1.82, 2.24) is 14.6 Å². The zero-order chi connectivity index (χ0) is 19.1. The number of nitrogens with zero attached hydrogens (tertiary/aromatic N) is 4. The Kier molecular flexibility index (Phi) is 4.47. The first-order valence-corrected chi connectivity index (χ1v) is 9.67. The quantitative estimate of drug-likeness (QED) is 0.666. The monoisotopic (exact) mass is 382 g/mol. The fourth-order valence-corrected chi connectivity index (χ4v) is 4.11. The molecule has 140 valence electrons. The molecule has 0 saturated heterocycles. The van der Waals surface area contributed by atoms with Crippen molar-refractivity contribution in [2.75, 3.05) is 25.0 Å². The van der Waals surface area contributed by atoms with Gasteiger partial charge in [-0.15, -0.1) is 11.8 Å². The Bertz CT molecular complexity index is 1060. The van der Waals surface area contributed by atoms with Gasteiger partial charge in [-0.05, 0) is 43.4 Å². The van der Waals surface area contributed by atoms with Gasteiger partial charge in [0.15, 0.2) is 17.1 Å². The Morgan fingerprint density at radius 2 is 1.81 bits per heavy atom. The zero-order valence-electron chi connectivity index (χ0n) is 16.1. The molecule has 0 saturated carbocycles. The highest BCUT2D eigenvalue weighted by Crippen LogP contribution is 2.37. The Morgan fingerprint density at radius 1 is 1.04 bits per heavy atom. The molecule has 7 heteroatoms. The minimum Gasteiger partial charge on any atom is -0.493 e. The van der Waals surface area contributed by atoms with Crippen LogP contribution in [0.25, 0.3) is 16.8 Å². The highest BCUT2D eigenvalue weighted by atomic mass is 32.2. The van der Waals surface area contributed by atoms with E-state index in [0.29, 0.717) is 11.5 Å². The van der Waals surface area contributed by atoms with E-state index in [1.54, 1.807) is 14.2 Å². The van der Waals surface area contributed by atoms with Crippen LogP contribution in [0.2, 0.25) is 0 Å². The third kappa shape index (κ3) is 3.02. The molecular weight excluding hydrogens is 360 g/mol. The Morgan fingerprint density at radius 3 is 2.48 bits per heavy atom. The number of aromatic nitrogens is 3. The molecule has 0 radical (unpaired) electrons. The highest BCUT2D eigenvalue weighted by Gasteiger charge is 2.21. The number of allylic oxidation sites excluding steroid dienone is 1. The van der Waals surface area contributed by atoms with E-state index in [9.17, 15) is 0 Å². The van der Waals surface area contributed by atoms with Crippen LogP contribution in [0.5, 0.6) is 11.5 Å². The van der Waals surface area contributed by atoms with Gasteiger partial charge in [-0.1, -0.05) is 6.07 Å². The van der Waals surface area contributed by atoms with Gasteiger partial charge >= 0.3 is 0 Å². The molecule has 0 spiro atoms. The summed E-state index contributed by atoms with van der Waals surface area (Å²) < 4.78 is 12.8. The van der Waals surface area contributed by atoms with E-state index < -0.39 is 0 Å². The topological polar surface area (TPSA) is 51.9 Å². The van der Waals surface area contributed by atoms with Gasteiger partial charge in [0, 0.05) is 23.5 Å². The molecule has 6 nitrogen and oxygen atoms in total. The van der Waals surface area contributed by atoms with E-state index in [-0.39, 0.29) is 0 Å². The van der Waals surface area contributed by atoms with Crippen LogP contribution in [0.1, 0.15) is 18.3 Å². The third-order valence-electron chi connectivity index (χ3n) is 4.61. The number of fused-ring (bicyclic) bond motifs is 1. The van der Waals surface area contributed by atoms with Gasteiger partial charge in [-0.25, -0.2) is 4.98 Å². The van der Waals surface area contributed by atoms with Gasteiger partial charge in [-0.3, -0.25) is 0 Å². The summed E-state index contributed by atoms with van der Waals surface area (Å²) in [5, 5.41) is 4.80. The summed E-state index contributed by atoms with van der Waals surface area (Å²) in [6.07, 6.45) is 2.16. The second kappa shape index (κ2) is 6.81. The molecule has 0 N–H and O–H groups in total. The summed E-state index contributed by atoms with van der Waals surface area (Å²) in [4.78, 5) is 8.30. The summed E-state index contributed by atoms with van der Waals surface area (Å²) in [5.41, 5.74) is 4.74. The van der Waals surface area contributed by atoms with Crippen LogP contribution < -0.4 is 14.4 Å². The normalized spacial score (nSPS) is 14.0. The number of anilines is 1. The molecular formula is C20H22N4O2S. The second-order valence-corrected chi connectivity index (χ2v) is 7.70. The minimum absolute atomic E-state index is 0.691. The van der Waals surface area contributed by atoms with Crippen LogP contribution in [-0.4, -0.2) is 34.7 Å². The molecule has 0 amide bonds. The molecule has 2 aromatic heterocycles. The Labute approximate surface area is 162 Å². The van der Waals surface area contributed by atoms with E-state index in [1.807, 2.05) is 48.3 Å². The molecule has 0 fully saturated rings. The molecule has 4 rings (SSSR count). The molecule has 3 heterocycles. The molecule has 0 atom stereocenters. The Hall–Kier alpha value is -2.67. The van der Waals surface area contributed by atoms with Crippen LogP contribution >= 0.6 is 11.8 Å². The first kappa shape index (κ1) is 17.7. The van der Waals surface area contributed by atoms with Crippen LogP contribution in [0.4, 0.5) is 5.82 Å². The number of thioether (sulfide) groups is 1. The summed E-state index contributed by atoms with van der Waals surface area (Å²) in [5.74, 6) is 3.30. The fourth-order valence-electron chi connectivity index (χ4n) is 3.36. The van der Waals surface area contributed by atoms with Gasteiger partial charge in [0.25, 0.3) is 0 Å². The summed E-state index contributed by atoms with van der Waals surface area (Å²) in [6.45, 7) is 6.16. The summed E-state index contributed by atoms with van der Waals surface area (Å²) in [6, 6.07) is 7.98. The number of methoxy groups -OCH3 is 2. The van der Waals surface area contributed by atoms with Crippen molar-refractivity contribution in [3.8, 4) is 22.6 Å². The molecule has 0 bridgehead atoms. The van der Waals surface area contributed by atoms with Crippen molar-refractivity contribution >= 4 is 23.2 Å². The van der Waals surface area contributed by atoms with Crippen LogP contribution in [0.15, 0.2) is 35.4 Å². The second-order valence-electron chi connectivity index (χ2n) is 6.50. The van der Waals surface area contributed by atoms with E-state index in [2.05, 4.69) is 24.1 Å². The van der Waals surface area contributed by atoms with Crippen LogP contribution in [-0.2, 0) is 0 Å². The number of aryl methyl sites for hydroxylation is 2. The predicted octanol–water partition coefficient (Wildman–Crippen LogP) is 4.40. The lowest BCUT2D eigenvalue weighted by atomic mass is 10.1. The SMILES string of the molecule is COc1ccc(-c2c(C)nn3c(N4C=C(C)SC4)cc(C)nc23)cc1OC. The summed E-state index contributed by atoms with van der Waals surface area (Å²) in [7, 11) is 3.28. The number of hydrogen-bond donors (Lipinski definition) is 0. The lowest BCUT2D eigenvalue weighted by molar-refractivity contribution is 0.355. The van der Waals surface area contributed by atoms with Crippen molar-refractivity contribution in [2.24, 2.45) is 0 Å². The smallest absolute Gasteiger partial charge is 0.165 e. The number of benzene rings is 1. The maximum Gasteiger partial charge on any atom is 0.165 e. The third-order valence-corrected chi connectivity index (χ3v) is 5.58. The number of ether oxygens (including phenoxy) is 2. The number of rotatable bonds is 4. The van der Waals surface area contributed by atoms with Crippen LogP contribution in [0.3, 0.4) is 0 Å². The molecule has 1 aliphatic heterocycles. The average Bonchev–Trinajstić information content (AvgIpc) is 3.23. The van der Waals surface area contributed by atoms with E-state index in [1.165, 1.54) is 4.91 Å². The molecule has 0 aliphatic carbocycles. The van der Waals surface area contributed by atoms with Crippen molar-refractivity contribution in [3.63, 3.8) is 0 Å². The lowest BCUT2D eigenvalue weighted by Gasteiger charge is -2.16. The van der Waals surface area contributed by atoms with Gasteiger partial charge in [0.1, 0.15) is 5.82 Å². The standard InChI is InChI=1S/C20H22N4O2S/c1-12-8-18(23-10-13(2)27-11-23)24-20(21-12)19(14(3)22-24)15-6-7-16(25-4)17(9-15)26-5/h6-10H,11H2,1-5H3. The van der Waals surface area contributed by atoms with Crippen molar-refractivity contribution in [3.05, 3.63) is 46.8 Å². The van der Waals surface area contributed by atoms with Crippen molar-refractivity contribution in [1.29, 1.82) is 0 Å². The predicted molar refractivity (Wildman–Crippen MR) is 110 cm³/mol. The highest BCUT2D eigenvalue weighted by molar-refractivity contribution is 8.03. The van der Waals surface area contributed by atoms with Gasteiger partial charge in [-0.2, -0.15) is 9.61 Å². The lowest BCUT2D eigenvalue weighted by Crippen LogP contribution is -2.16. The first-order valence-electron chi connectivity index (χ1n) is 8.69. The maximum absolute atomic E-state index is 5.48. The fraction of sp³-hybridized carbons (Fsp3) is 0.300. The molecule has 3 aromatic rings. The van der Waals surface area contributed by atoms with E-state index >= 15 is 0 Å². The van der Waals surface area contributed by atoms with E-state index in [4.69, 9.17) is 19.6 Å². The maximum atomic E-state index is 5.48. The largest absolute Gasteiger partial charge is 0.493 e.